The molecule has 2 aromatic rings. The second-order valence-electron chi connectivity index (χ2n) is 9.72. The van der Waals surface area contributed by atoms with Crippen LogP contribution in [0.4, 0.5) is 10.5 Å². The smallest absolute Gasteiger partial charge is 0.411 e. The number of hydrogen-bond donors (Lipinski definition) is 1. The van der Waals surface area contributed by atoms with E-state index in [1.807, 2.05) is 30.3 Å². The zero-order chi connectivity index (χ0) is 27.8. The number of carboxylic acid groups (broad SMARTS) is 1. The standard InChI is InChI=1S/C29H38N4O6/c1-4-22-19-27(34)33(30-28(22)23-8-11-25(37-2)26(18-23)38-3)20-21-6-9-24(10-7-21)32(29(35)36)13-5-12-31-14-16-39-17-15-31/h6-11,18,22H,4-5,12-17,19-20H2,1-3H3,(H,35,36). The molecular weight excluding hydrogens is 500 g/mol. The molecule has 210 valence electrons. The summed E-state index contributed by atoms with van der Waals surface area (Å²) in [5.74, 6) is 1.22. The molecule has 10 nitrogen and oxygen atoms in total. The minimum absolute atomic E-state index is 0.0100. The lowest BCUT2D eigenvalue weighted by Gasteiger charge is -2.29. The molecule has 2 aliphatic heterocycles. The number of carbonyl (C=O) groups is 2. The summed E-state index contributed by atoms with van der Waals surface area (Å²) in [6.07, 6.45) is 0.920. The summed E-state index contributed by atoms with van der Waals surface area (Å²) in [5.41, 5.74) is 3.21. The van der Waals surface area contributed by atoms with Crippen LogP contribution in [0, 0.1) is 5.92 Å². The molecule has 39 heavy (non-hydrogen) atoms. The summed E-state index contributed by atoms with van der Waals surface area (Å²) in [5, 5.41) is 16.1. The number of rotatable bonds is 11. The maximum Gasteiger partial charge on any atom is 0.411 e. The maximum absolute atomic E-state index is 13.0. The highest BCUT2D eigenvalue weighted by atomic mass is 16.5. The Hall–Kier alpha value is -3.63. The van der Waals surface area contributed by atoms with E-state index in [0.29, 0.717) is 36.7 Å². The van der Waals surface area contributed by atoms with Crippen molar-refractivity contribution in [2.45, 2.75) is 32.7 Å². The summed E-state index contributed by atoms with van der Waals surface area (Å²) in [4.78, 5) is 28.6. The van der Waals surface area contributed by atoms with Gasteiger partial charge in [0.25, 0.3) is 0 Å². The first kappa shape index (κ1) is 28.4. The Bertz CT molecular complexity index is 1160. The maximum atomic E-state index is 13.0. The van der Waals surface area contributed by atoms with E-state index in [2.05, 4.69) is 11.8 Å². The summed E-state index contributed by atoms with van der Waals surface area (Å²) < 4.78 is 16.2. The third-order valence-corrected chi connectivity index (χ3v) is 7.27. The number of carbonyl (C=O) groups excluding carboxylic acids is 1. The molecule has 0 bridgehead atoms. The predicted molar refractivity (Wildman–Crippen MR) is 149 cm³/mol. The lowest BCUT2D eigenvalue weighted by Crippen LogP contribution is -2.39. The van der Waals surface area contributed by atoms with Crippen LogP contribution < -0.4 is 14.4 Å². The fraction of sp³-hybridized carbons (Fsp3) is 0.483. The van der Waals surface area contributed by atoms with Crippen molar-refractivity contribution in [2.24, 2.45) is 11.0 Å². The molecule has 2 heterocycles. The number of morpholine rings is 1. The van der Waals surface area contributed by atoms with Crippen LogP contribution in [0.2, 0.25) is 0 Å². The number of methoxy groups -OCH3 is 2. The Labute approximate surface area is 229 Å². The van der Waals surface area contributed by atoms with Gasteiger partial charge in [-0.15, -0.1) is 0 Å². The van der Waals surface area contributed by atoms with Gasteiger partial charge >= 0.3 is 6.09 Å². The zero-order valence-electron chi connectivity index (χ0n) is 23.0. The molecule has 0 aliphatic carbocycles. The van der Waals surface area contributed by atoms with Crippen molar-refractivity contribution in [1.82, 2.24) is 9.91 Å². The lowest BCUT2D eigenvalue weighted by atomic mass is 9.89. The molecule has 1 N–H and O–H groups in total. The molecule has 1 atom stereocenters. The minimum Gasteiger partial charge on any atom is -0.493 e. The topological polar surface area (TPSA) is 104 Å². The van der Waals surface area contributed by atoms with E-state index in [0.717, 1.165) is 62.5 Å². The van der Waals surface area contributed by atoms with Gasteiger partial charge in [0.1, 0.15) is 0 Å². The van der Waals surface area contributed by atoms with Crippen LogP contribution >= 0.6 is 0 Å². The number of hydrazone groups is 1. The van der Waals surface area contributed by atoms with E-state index in [4.69, 9.17) is 19.3 Å². The first-order valence-corrected chi connectivity index (χ1v) is 13.4. The van der Waals surface area contributed by atoms with Crippen molar-refractivity contribution in [1.29, 1.82) is 0 Å². The minimum atomic E-state index is -0.981. The van der Waals surface area contributed by atoms with Gasteiger partial charge < -0.3 is 19.3 Å². The molecule has 0 spiro atoms. The summed E-state index contributed by atoms with van der Waals surface area (Å²) in [6.45, 7) is 6.81. The first-order chi connectivity index (χ1) is 18.9. The van der Waals surface area contributed by atoms with Gasteiger partial charge in [0.2, 0.25) is 5.91 Å². The Kier molecular flexibility index (Phi) is 9.78. The van der Waals surface area contributed by atoms with Crippen LogP contribution in [0.15, 0.2) is 47.6 Å². The van der Waals surface area contributed by atoms with E-state index in [9.17, 15) is 14.7 Å². The normalized spacial score (nSPS) is 18.0. The van der Waals surface area contributed by atoms with Gasteiger partial charge in [0.05, 0.1) is 39.7 Å². The SMILES string of the molecule is CCC1CC(=O)N(Cc2ccc(N(CCCN3CCOCC3)C(=O)O)cc2)N=C1c1ccc(OC)c(OC)c1. The average Bonchev–Trinajstić information content (AvgIpc) is 2.96. The van der Waals surface area contributed by atoms with Crippen molar-refractivity contribution in [3.8, 4) is 11.5 Å². The van der Waals surface area contributed by atoms with E-state index in [1.165, 1.54) is 9.91 Å². The largest absolute Gasteiger partial charge is 0.493 e. The van der Waals surface area contributed by atoms with Crippen LogP contribution in [-0.4, -0.2) is 86.3 Å². The molecule has 0 aromatic heterocycles. The monoisotopic (exact) mass is 538 g/mol. The van der Waals surface area contributed by atoms with Crippen molar-refractivity contribution in [3.63, 3.8) is 0 Å². The number of nitrogens with zero attached hydrogens (tertiary/aromatic N) is 4. The summed E-state index contributed by atoms with van der Waals surface area (Å²) in [7, 11) is 3.19. The summed E-state index contributed by atoms with van der Waals surface area (Å²) in [6, 6.07) is 13.0. The van der Waals surface area contributed by atoms with Crippen LogP contribution in [-0.2, 0) is 16.1 Å². The van der Waals surface area contributed by atoms with Crippen molar-refractivity contribution in [2.75, 3.05) is 58.5 Å². The fourth-order valence-electron chi connectivity index (χ4n) is 5.00. The van der Waals surface area contributed by atoms with Gasteiger partial charge in [0.15, 0.2) is 11.5 Å². The number of anilines is 1. The van der Waals surface area contributed by atoms with Gasteiger partial charge in [-0.2, -0.15) is 5.10 Å². The first-order valence-electron chi connectivity index (χ1n) is 13.4. The van der Waals surface area contributed by atoms with E-state index in [1.54, 1.807) is 26.4 Å². The Morgan fingerprint density at radius 1 is 1.10 bits per heavy atom. The molecule has 1 unspecified atom stereocenters. The van der Waals surface area contributed by atoms with Gasteiger partial charge in [0, 0.05) is 49.8 Å². The molecule has 4 rings (SSSR count). The van der Waals surface area contributed by atoms with Gasteiger partial charge in [-0.3, -0.25) is 14.6 Å². The van der Waals surface area contributed by atoms with Crippen LogP contribution in [0.1, 0.15) is 37.3 Å². The Morgan fingerprint density at radius 2 is 1.82 bits per heavy atom. The van der Waals surface area contributed by atoms with Gasteiger partial charge in [-0.25, -0.2) is 9.80 Å². The van der Waals surface area contributed by atoms with E-state index < -0.39 is 6.09 Å². The molecule has 0 saturated carbocycles. The lowest BCUT2D eigenvalue weighted by molar-refractivity contribution is -0.133. The second-order valence-corrected chi connectivity index (χ2v) is 9.72. The van der Waals surface area contributed by atoms with Gasteiger partial charge in [-0.05, 0) is 48.7 Å². The number of amides is 2. The molecule has 2 aliphatic rings. The van der Waals surface area contributed by atoms with E-state index >= 15 is 0 Å². The number of benzene rings is 2. The zero-order valence-corrected chi connectivity index (χ0v) is 23.0. The molecule has 2 aromatic carbocycles. The Balaban J connectivity index is 1.46. The second kappa shape index (κ2) is 13.4. The van der Waals surface area contributed by atoms with E-state index in [-0.39, 0.29) is 11.8 Å². The van der Waals surface area contributed by atoms with Crippen LogP contribution in [0.25, 0.3) is 0 Å². The average molecular weight is 539 g/mol. The third kappa shape index (κ3) is 7.07. The summed E-state index contributed by atoms with van der Waals surface area (Å²) >= 11 is 0. The molecule has 1 saturated heterocycles. The van der Waals surface area contributed by atoms with Crippen LogP contribution in [0.3, 0.4) is 0 Å². The molecular formula is C29H38N4O6. The highest BCUT2D eigenvalue weighted by molar-refractivity contribution is 6.06. The number of hydrogen-bond acceptors (Lipinski definition) is 7. The van der Waals surface area contributed by atoms with Crippen LogP contribution in [0.5, 0.6) is 11.5 Å². The molecule has 10 heteroatoms. The third-order valence-electron chi connectivity index (χ3n) is 7.27. The van der Waals surface area contributed by atoms with Crippen molar-refractivity contribution in [3.05, 3.63) is 53.6 Å². The molecule has 2 amide bonds. The van der Waals surface area contributed by atoms with Crippen molar-refractivity contribution < 1.29 is 28.9 Å². The molecule has 1 fully saturated rings. The quantitative estimate of drug-likeness (QED) is 0.460. The van der Waals surface area contributed by atoms with Crippen molar-refractivity contribution >= 4 is 23.4 Å². The molecule has 0 radical (unpaired) electrons. The number of ether oxygens (including phenoxy) is 3. The highest BCUT2D eigenvalue weighted by Crippen LogP contribution is 2.32. The highest BCUT2D eigenvalue weighted by Gasteiger charge is 2.30. The predicted octanol–water partition coefficient (Wildman–Crippen LogP) is 4.07. The fourth-order valence-corrected chi connectivity index (χ4v) is 5.00. The van der Waals surface area contributed by atoms with Gasteiger partial charge in [-0.1, -0.05) is 19.1 Å². The Morgan fingerprint density at radius 3 is 2.46 bits per heavy atom.